The van der Waals surface area contributed by atoms with Crippen LogP contribution in [0.4, 0.5) is 4.39 Å². The van der Waals surface area contributed by atoms with Gasteiger partial charge in [0, 0.05) is 0 Å². The van der Waals surface area contributed by atoms with Gasteiger partial charge in [-0.2, -0.15) is 0 Å². The zero-order valence-corrected chi connectivity index (χ0v) is 13.1. The number of ether oxygens (including phenoxy) is 4. The molecule has 0 aliphatic carbocycles. The minimum Gasteiger partial charge on any atom is -0.497 e. The summed E-state index contributed by atoms with van der Waals surface area (Å²) in [5.74, 6) is -0.0866. The minimum absolute atomic E-state index is 0.0693. The summed E-state index contributed by atoms with van der Waals surface area (Å²) in [6, 6.07) is 9.17. The highest BCUT2D eigenvalue weighted by Crippen LogP contribution is 2.25. The summed E-state index contributed by atoms with van der Waals surface area (Å²) in [4.78, 5) is 12.2. The van der Waals surface area contributed by atoms with E-state index in [4.69, 9.17) is 18.9 Å². The monoisotopic (exact) mass is 320 g/mol. The molecule has 23 heavy (non-hydrogen) atoms. The Hall–Kier alpha value is -2.76. The van der Waals surface area contributed by atoms with Crippen LogP contribution in [-0.2, 0) is 11.3 Å². The topological polar surface area (TPSA) is 54.0 Å². The molecular weight excluding hydrogens is 303 g/mol. The van der Waals surface area contributed by atoms with Gasteiger partial charge in [-0.15, -0.1) is 0 Å². The molecule has 2 aromatic rings. The van der Waals surface area contributed by atoms with Gasteiger partial charge in [0.05, 0.1) is 21.3 Å². The Morgan fingerprint density at radius 3 is 2.26 bits per heavy atom. The molecule has 0 fully saturated rings. The molecular formula is C17H17FO5. The molecule has 0 aromatic heterocycles. The number of methoxy groups -OCH3 is 3. The van der Waals surface area contributed by atoms with E-state index in [1.54, 1.807) is 18.2 Å². The van der Waals surface area contributed by atoms with Gasteiger partial charge in [-0.25, -0.2) is 9.18 Å². The molecule has 0 amide bonds. The van der Waals surface area contributed by atoms with Gasteiger partial charge in [0.25, 0.3) is 0 Å². The summed E-state index contributed by atoms with van der Waals surface area (Å²) in [5.41, 5.74) is 0.749. The molecule has 6 heteroatoms. The van der Waals surface area contributed by atoms with Gasteiger partial charge < -0.3 is 18.9 Å². The van der Waals surface area contributed by atoms with E-state index >= 15 is 0 Å². The summed E-state index contributed by atoms with van der Waals surface area (Å²) in [7, 11) is 4.33. The van der Waals surface area contributed by atoms with E-state index in [0.29, 0.717) is 17.1 Å². The van der Waals surface area contributed by atoms with Crippen LogP contribution in [0.15, 0.2) is 36.4 Å². The molecule has 0 bridgehead atoms. The molecule has 0 aliphatic rings. The lowest BCUT2D eigenvalue weighted by Gasteiger charge is -2.11. The molecule has 0 spiro atoms. The van der Waals surface area contributed by atoms with E-state index in [9.17, 15) is 9.18 Å². The lowest BCUT2D eigenvalue weighted by Crippen LogP contribution is -2.08. The van der Waals surface area contributed by atoms with Gasteiger partial charge in [-0.3, -0.25) is 0 Å². The first kappa shape index (κ1) is 16.6. The van der Waals surface area contributed by atoms with Crippen molar-refractivity contribution in [1.29, 1.82) is 0 Å². The van der Waals surface area contributed by atoms with E-state index in [1.807, 2.05) is 0 Å². The molecule has 0 radical (unpaired) electrons. The van der Waals surface area contributed by atoms with E-state index in [2.05, 4.69) is 0 Å². The SMILES string of the molecule is COc1ccc(OC)c(C(=O)OCc2ccc(OC)c(F)c2)c1. The van der Waals surface area contributed by atoms with Crippen LogP contribution in [-0.4, -0.2) is 27.3 Å². The zero-order valence-electron chi connectivity index (χ0n) is 13.1. The highest BCUT2D eigenvalue weighted by molar-refractivity contribution is 5.93. The molecule has 122 valence electrons. The van der Waals surface area contributed by atoms with E-state index < -0.39 is 11.8 Å². The summed E-state index contributed by atoms with van der Waals surface area (Å²) < 4.78 is 33.9. The number of carbonyl (C=O) groups is 1. The standard InChI is InChI=1S/C17H17FO5/c1-20-12-5-7-15(21-2)13(9-12)17(19)23-10-11-4-6-16(22-3)14(18)8-11/h4-9H,10H2,1-3H3. The van der Waals surface area contributed by atoms with Crippen LogP contribution in [0, 0.1) is 5.82 Å². The largest absolute Gasteiger partial charge is 0.497 e. The molecule has 0 heterocycles. The van der Waals surface area contributed by atoms with Gasteiger partial charge in [-0.1, -0.05) is 6.07 Å². The zero-order chi connectivity index (χ0) is 16.8. The normalized spacial score (nSPS) is 10.1. The van der Waals surface area contributed by atoms with E-state index in [-0.39, 0.29) is 17.9 Å². The number of hydrogen-bond donors (Lipinski definition) is 0. The quantitative estimate of drug-likeness (QED) is 0.765. The maximum absolute atomic E-state index is 13.6. The second-order valence-corrected chi connectivity index (χ2v) is 4.61. The minimum atomic E-state index is -0.586. The molecule has 5 nitrogen and oxygen atoms in total. The van der Waals surface area contributed by atoms with Crippen molar-refractivity contribution in [2.24, 2.45) is 0 Å². The highest BCUT2D eigenvalue weighted by Gasteiger charge is 2.15. The van der Waals surface area contributed by atoms with Crippen molar-refractivity contribution in [1.82, 2.24) is 0 Å². The molecule has 0 N–H and O–H groups in total. The Balaban J connectivity index is 2.12. The van der Waals surface area contributed by atoms with Crippen molar-refractivity contribution < 1.29 is 28.1 Å². The van der Waals surface area contributed by atoms with Gasteiger partial charge >= 0.3 is 5.97 Å². The fourth-order valence-electron chi connectivity index (χ4n) is 2.00. The highest BCUT2D eigenvalue weighted by atomic mass is 19.1. The number of benzene rings is 2. The molecule has 0 unspecified atom stereocenters. The summed E-state index contributed by atoms with van der Waals surface area (Å²) in [6.07, 6.45) is 0. The summed E-state index contributed by atoms with van der Waals surface area (Å²) >= 11 is 0. The first-order chi connectivity index (χ1) is 11.1. The van der Waals surface area contributed by atoms with Crippen molar-refractivity contribution in [2.45, 2.75) is 6.61 Å². The average molecular weight is 320 g/mol. The number of hydrogen-bond acceptors (Lipinski definition) is 5. The Morgan fingerprint density at radius 2 is 1.65 bits per heavy atom. The van der Waals surface area contributed by atoms with Crippen molar-refractivity contribution >= 4 is 5.97 Å². The van der Waals surface area contributed by atoms with Crippen molar-refractivity contribution in [3.63, 3.8) is 0 Å². The van der Waals surface area contributed by atoms with Crippen LogP contribution in [0.1, 0.15) is 15.9 Å². The van der Waals surface area contributed by atoms with Crippen LogP contribution >= 0.6 is 0 Å². The van der Waals surface area contributed by atoms with Crippen molar-refractivity contribution in [3.05, 3.63) is 53.3 Å². The van der Waals surface area contributed by atoms with Crippen LogP contribution in [0.25, 0.3) is 0 Å². The summed E-state index contributed by atoms with van der Waals surface area (Å²) in [5, 5.41) is 0. The molecule has 0 aliphatic heterocycles. The molecule has 0 saturated heterocycles. The molecule has 2 rings (SSSR count). The number of carbonyl (C=O) groups excluding carboxylic acids is 1. The lowest BCUT2D eigenvalue weighted by molar-refractivity contribution is 0.0468. The van der Waals surface area contributed by atoms with Gasteiger partial charge in [-0.05, 0) is 35.9 Å². The van der Waals surface area contributed by atoms with E-state index in [1.165, 1.54) is 39.5 Å². The second-order valence-electron chi connectivity index (χ2n) is 4.61. The first-order valence-corrected chi connectivity index (χ1v) is 6.80. The van der Waals surface area contributed by atoms with Crippen LogP contribution in [0.2, 0.25) is 0 Å². The van der Waals surface area contributed by atoms with Crippen LogP contribution in [0.5, 0.6) is 17.2 Å². The number of esters is 1. The van der Waals surface area contributed by atoms with Crippen molar-refractivity contribution in [3.8, 4) is 17.2 Å². The number of halogens is 1. The molecule has 0 atom stereocenters. The summed E-state index contributed by atoms with van der Waals surface area (Å²) in [6.45, 7) is -0.0693. The Morgan fingerprint density at radius 1 is 0.957 bits per heavy atom. The molecule has 0 saturated carbocycles. The molecule has 2 aromatic carbocycles. The van der Waals surface area contributed by atoms with Crippen molar-refractivity contribution in [2.75, 3.05) is 21.3 Å². The third-order valence-corrected chi connectivity index (χ3v) is 3.21. The first-order valence-electron chi connectivity index (χ1n) is 6.80. The third kappa shape index (κ3) is 3.91. The lowest BCUT2D eigenvalue weighted by atomic mass is 10.2. The fraction of sp³-hybridized carbons (Fsp3) is 0.235. The smallest absolute Gasteiger partial charge is 0.342 e. The van der Waals surface area contributed by atoms with Crippen LogP contribution in [0.3, 0.4) is 0 Å². The predicted octanol–water partition coefficient (Wildman–Crippen LogP) is 3.21. The van der Waals surface area contributed by atoms with Gasteiger partial charge in [0.1, 0.15) is 23.7 Å². The second kappa shape index (κ2) is 7.49. The Kier molecular flexibility index (Phi) is 5.41. The third-order valence-electron chi connectivity index (χ3n) is 3.21. The van der Waals surface area contributed by atoms with E-state index in [0.717, 1.165) is 0 Å². The van der Waals surface area contributed by atoms with Crippen LogP contribution < -0.4 is 14.2 Å². The fourth-order valence-corrected chi connectivity index (χ4v) is 2.00. The maximum Gasteiger partial charge on any atom is 0.342 e. The Labute approximate surface area is 133 Å². The van der Waals surface area contributed by atoms with Gasteiger partial charge in [0.2, 0.25) is 0 Å². The van der Waals surface area contributed by atoms with Gasteiger partial charge in [0.15, 0.2) is 11.6 Å². The maximum atomic E-state index is 13.6. The predicted molar refractivity (Wildman–Crippen MR) is 81.6 cm³/mol. The Bertz CT molecular complexity index is 699. The number of rotatable bonds is 6. The average Bonchev–Trinajstić information content (AvgIpc) is 2.59.